The van der Waals surface area contributed by atoms with Crippen LogP contribution in [-0.2, 0) is 0 Å². The van der Waals surface area contributed by atoms with E-state index in [0.29, 0.717) is 37.1 Å². The van der Waals surface area contributed by atoms with Crippen LogP contribution in [0.1, 0.15) is 78.2 Å². The number of likely N-dealkylation sites (tertiary alicyclic amines) is 1. The number of aromatic nitrogens is 3. The van der Waals surface area contributed by atoms with E-state index in [4.69, 9.17) is 20.9 Å². The van der Waals surface area contributed by atoms with Crippen LogP contribution in [0.3, 0.4) is 0 Å². The van der Waals surface area contributed by atoms with E-state index < -0.39 is 22.8 Å². The molecule has 0 amide bonds. The fourth-order valence-electron chi connectivity index (χ4n) is 9.15. The largest absolute Gasteiger partial charge is 0.508 e. The summed E-state index contributed by atoms with van der Waals surface area (Å²) in [4.78, 5) is 18.4. The second-order valence-corrected chi connectivity index (χ2v) is 16.1. The van der Waals surface area contributed by atoms with Gasteiger partial charge in [0.2, 0.25) is 5.88 Å². The topological polar surface area (TPSA) is 124 Å². The van der Waals surface area contributed by atoms with Crippen molar-refractivity contribution < 1.29 is 33.6 Å². The van der Waals surface area contributed by atoms with Crippen LogP contribution in [-0.4, -0.2) is 91.8 Å². The van der Waals surface area contributed by atoms with Gasteiger partial charge >= 0.3 is 6.01 Å². The lowest BCUT2D eigenvalue weighted by Crippen LogP contribution is -2.63. The molecule has 12 heteroatoms. The molecule has 2 aliphatic heterocycles. The smallest absolute Gasteiger partial charge is 0.319 e. The molecule has 7 rings (SSSR count). The minimum atomic E-state index is -1.03. The van der Waals surface area contributed by atoms with Crippen LogP contribution in [0.5, 0.6) is 17.6 Å². The zero-order valence-electron chi connectivity index (χ0n) is 30.5. The van der Waals surface area contributed by atoms with Gasteiger partial charge in [-0.15, -0.1) is 6.42 Å². The molecule has 4 aromatic rings. The summed E-state index contributed by atoms with van der Waals surface area (Å²) in [5, 5.41) is 33.4. The number of halogens is 2. The van der Waals surface area contributed by atoms with E-state index in [9.17, 15) is 15.3 Å². The number of ether oxygens (including phenoxy) is 2. The van der Waals surface area contributed by atoms with Gasteiger partial charge in [0.1, 0.15) is 34.0 Å². The molecule has 2 aromatic carbocycles. The molecule has 2 aromatic heterocycles. The molecule has 52 heavy (non-hydrogen) atoms. The van der Waals surface area contributed by atoms with Crippen molar-refractivity contribution in [3.63, 3.8) is 0 Å². The Bertz CT molecular complexity index is 2100. The average Bonchev–Trinajstić information content (AvgIpc) is 3.44. The molecule has 3 aliphatic rings. The highest BCUT2D eigenvalue weighted by Crippen LogP contribution is 2.55. The van der Waals surface area contributed by atoms with Gasteiger partial charge in [0.15, 0.2) is 5.82 Å². The van der Waals surface area contributed by atoms with E-state index in [-0.39, 0.29) is 74.9 Å². The van der Waals surface area contributed by atoms with Gasteiger partial charge in [-0.25, -0.2) is 13.8 Å². The Labute approximate surface area is 302 Å². The normalized spacial score (nSPS) is 25.3. The van der Waals surface area contributed by atoms with Gasteiger partial charge in [0, 0.05) is 41.5 Å². The molecular formula is C40H47F2N5O5. The van der Waals surface area contributed by atoms with Crippen molar-refractivity contribution >= 4 is 27.5 Å². The molecule has 4 heterocycles. The molecular weight excluding hydrogens is 668 g/mol. The minimum Gasteiger partial charge on any atom is -0.508 e. The highest BCUT2D eigenvalue weighted by atomic mass is 19.1. The van der Waals surface area contributed by atoms with E-state index in [1.54, 1.807) is 6.92 Å². The van der Waals surface area contributed by atoms with Gasteiger partial charge in [-0.3, -0.25) is 4.90 Å². The Morgan fingerprint density at radius 1 is 1.00 bits per heavy atom. The van der Waals surface area contributed by atoms with Gasteiger partial charge < -0.3 is 29.7 Å². The van der Waals surface area contributed by atoms with Crippen molar-refractivity contribution in [2.75, 3.05) is 44.8 Å². The fourth-order valence-corrected chi connectivity index (χ4v) is 9.15. The summed E-state index contributed by atoms with van der Waals surface area (Å²) in [7, 11) is 1.40. The Hall–Kier alpha value is -4.31. The predicted molar refractivity (Wildman–Crippen MR) is 196 cm³/mol. The number of methoxy groups -OCH3 is 1. The standard InChI is InChI=1S/C40H47F2N5O5/c1-7-26-28(41)12-11-24-19-25(48)20-27(29(24)26)32-31(42)33-30(35(43-32)51-6)34(46-17-9-13-38(4,50)22-46)45-36(44-33)52-23-40-15-8-14-39(40,5)47(18-10-16-40)21-37(2,3)49/h1,11-12,19-20,48-50H,8-10,13-18,21-23H2,2-6H3/t38-,39-,40?/m1/s1. The first-order valence-corrected chi connectivity index (χ1v) is 18.0. The van der Waals surface area contributed by atoms with Crippen molar-refractivity contribution in [2.45, 2.75) is 89.4 Å². The van der Waals surface area contributed by atoms with E-state index >= 15 is 8.78 Å². The summed E-state index contributed by atoms with van der Waals surface area (Å²) in [6.45, 7) is 10.1. The Balaban J connectivity index is 1.40. The molecule has 276 valence electrons. The van der Waals surface area contributed by atoms with Gasteiger partial charge in [-0.2, -0.15) is 9.97 Å². The Morgan fingerprint density at radius 3 is 2.46 bits per heavy atom. The lowest BCUT2D eigenvalue weighted by Gasteiger charge is -2.55. The number of aliphatic hydroxyl groups is 2. The number of nitrogens with zero attached hydrogens (tertiary/aromatic N) is 5. The molecule has 1 unspecified atom stereocenters. The number of piperidine rings is 2. The number of pyridine rings is 1. The van der Waals surface area contributed by atoms with Crippen molar-refractivity contribution in [3.8, 4) is 41.2 Å². The number of phenolic OH excluding ortho intramolecular Hbond substituents is 1. The van der Waals surface area contributed by atoms with Gasteiger partial charge in [0.25, 0.3) is 0 Å². The molecule has 1 saturated carbocycles. The first-order valence-electron chi connectivity index (χ1n) is 18.0. The molecule has 0 radical (unpaired) electrons. The summed E-state index contributed by atoms with van der Waals surface area (Å²) in [5.74, 6) is 0.972. The van der Waals surface area contributed by atoms with Crippen LogP contribution in [0.15, 0.2) is 24.3 Å². The number of hydrogen-bond donors (Lipinski definition) is 3. The summed E-state index contributed by atoms with van der Waals surface area (Å²) in [5.41, 5.74) is -2.78. The Kier molecular flexibility index (Phi) is 9.00. The highest BCUT2D eigenvalue weighted by molar-refractivity contribution is 6.04. The Morgan fingerprint density at radius 2 is 1.75 bits per heavy atom. The highest BCUT2D eigenvalue weighted by Gasteiger charge is 2.57. The summed E-state index contributed by atoms with van der Waals surface area (Å²) < 4.78 is 44.6. The zero-order valence-corrected chi connectivity index (χ0v) is 30.5. The van der Waals surface area contributed by atoms with Crippen LogP contribution in [0.2, 0.25) is 0 Å². The third-order valence-corrected chi connectivity index (χ3v) is 11.6. The second-order valence-electron chi connectivity index (χ2n) is 16.1. The quantitative estimate of drug-likeness (QED) is 0.178. The summed E-state index contributed by atoms with van der Waals surface area (Å²) in [6.07, 6.45) is 11.8. The maximum atomic E-state index is 17.2. The minimum absolute atomic E-state index is 0.00446. The van der Waals surface area contributed by atoms with Crippen LogP contribution in [0, 0.1) is 29.4 Å². The molecule has 0 spiro atoms. The number of phenols is 1. The number of rotatable bonds is 8. The summed E-state index contributed by atoms with van der Waals surface area (Å²) >= 11 is 0. The van der Waals surface area contributed by atoms with Gasteiger partial charge in [-0.05, 0) is 96.3 Å². The molecule has 3 fully saturated rings. The van der Waals surface area contributed by atoms with E-state index in [1.165, 1.54) is 31.4 Å². The molecule has 3 atom stereocenters. The molecule has 2 saturated heterocycles. The van der Waals surface area contributed by atoms with Gasteiger partial charge in [-0.1, -0.05) is 18.4 Å². The number of anilines is 1. The maximum absolute atomic E-state index is 17.2. The lowest BCUT2D eigenvalue weighted by molar-refractivity contribution is -0.0948. The number of aromatic hydroxyl groups is 1. The van der Waals surface area contributed by atoms with Crippen molar-refractivity contribution in [2.24, 2.45) is 5.41 Å². The predicted octanol–water partition coefficient (Wildman–Crippen LogP) is 6.34. The molecule has 10 nitrogen and oxygen atoms in total. The molecule has 3 N–H and O–H groups in total. The van der Waals surface area contributed by atoms with Gasteiger partial charge in [0.05, 0.1) is 30.5 Å². The van der Waals surface area contributed by atoms with Crippen molar-refractivity contribution in [3.05, 3.63) is 41.5 Å². The number of fused-ring (bicyclic) bond motifs is 3. The summed E-state index contributed by atoms with van der Waals surface area (Å²) in [6, 6.07) is 5.35. The van der Waals surface area contributed by atoms with E-state index in [1.807, 2.05) is 18.7 Å². The first-order chi connectivity index (χ1) is 24.6. The maximum Gasteiger partial charge on any atom is 0.319 e. The van der Waals surface area contributed by atoms with E-state index in [2.05, 4.69) is 27.7 Å². The van der Waals surface area contributed by atoms with Crippen LogP contribution in [0.25, 0.3) is 32.9 Å². The van der Waals surface area contributed by atoms with Crippen LogP contribution < -0.4 is 14.4 Å². The second kappa shape index (κ2) is 13.0. The average molecular weight is 716 g/mol. The third kappa shape index (κ3) is 6.16. The number of hydrogen-bond acceptors (Lipinski definition) is 10. The molecule has 0 bridgehead atoms. The van der Waals surface area contributed by atoms with Crippen molar-refractivity contribution in [1.29, 1.82) is 0 Å². The molecule has 1 aliphatic carbocycles. The first kappa shape index (κ1) is 36.1. The van der Waals surface area contributed by atoms with E-state index in [0.717, 1.165) is 38.6 Å². The fraction of sp³-hybridized carbons (Fsp3) is 0.525. The zero-order chi connectivity index (χ0) is 37.2. The number of benzene rings is 2. The van der Waals surface area contributed by atoms with Crippen LogP contribution >= 0.6 is 0 Å². The van der Waals surface area contributed by atoms with Crippen molar-refractivity contribution in [1.82, 2.24) is 19.9 Å². The number of β-amino-alcohol motifs (C(OH)–C–C–N with tert-alkyl or cyclic N) is 2. The van der Waals surface area contributed by atoms with Crippen LogP contribution in [0.4, 0.5) is 14.6 Å². The lowest BCUT2D eigenvalue weighted by atomic mass is 9.66. The SMILES string of the molecule is C#Cc1c(F)ccc2cc(O)cc(-c3nc(OC)c4c(N5CCC[C@@](C)(O)C5)nc(OCC56CCCN(CC(C)(C)O)[C@]5(C)CCC6)nc4c3F)c12. The monoisotopic (exact) mass is 715 g/mol. The number of terminal acetylenes is 1. The third-order valence-electron chi connectivity index (χ3n) is 11.6.